The lowest BCUT2D eigenvalue weighted by atomic mass is 9.89. The first kappa shape index (κ1) is 15.4. The van der Waals surface area contributed by atoms with Crippen LogP contribution in [0, 0.1) is 6.92 Å². The summed E-state index contributed by atoms with van der Waals surface area (Å²) in [6, 6.07) is 1.28. The van der Waals surface area contributed by atoms with Crippen LogP contribution < -0.4 is 4.90 Å². The highest BCUT2D eigenvalue weighted by molar-refractivity contribution is 5.27. The van der Waals surface area contributed by atoms with Gasteiger partial charge in [-0.25, -0.2) is 0 Å². The van der Waals surface area contributed by atoms with Gasteiger partial charge in [-0.1, -0.05) is 5.10 Å². The van der Waals surface area contributed by atoms with Crippen LogP contribution in [0.25, 0.3) is 0 Å². The molecule has 23 heavy (non-hydrogen) atoms. The van der Waals surface area contributed by atoms with Crippen molar-refractivity contribution >= 4 is 6.01 Å². The van der Waals surface area contributed by atoms with Crippen molar-refractivity contribution < 1.29 is 13.9 Å². The maximum atomic E-state index is 6.28. The third kappa shape index (κ3) is 3.22. The molecule has 1 spiro atoms. The number of nitrogens with zero attached hydrogens (tertiary/aromatic N) is 4. The molecule has 7 nitrogen and oxygen atoms in total. The number of anilines is 1. The van der Waals surface area contributed by atoms with Crippen molar-refractivity contribution in [2.24, 2.45) is 0 Å². The van der Waals surface area contributed by atoms with E-state index >= 15 is 0 Å². The van der Waals surface area contributed by atoms with Crippen molar-refractivity contribution in [3.63, 3.8) is 0 Å². The molecule has 3 saturated heterocycles. The molecule has 3 aliphatic heterocycles. The van der Waals surface area contributed by atoms with Gasteiger partial charge < -0.3 is 18.8 Å². The summed E-state index contributed by atoms with van der Waals surface area (Å²) in [5.74, 6) is 0.619. The van der Waals surface area contributed by atoms with Crippen LogP contribution >= 0.6 is 0 Å². The van der Waals surface area contributed by atoms with Crippen LogP contribution in [0.2, 0.25) is 0 Å². The van der Waals surface area contributed by atoms with E-state index in [-0.39, 0.29) is 5.60 Å². The van der Waals surface area contributed by atoms with Gasteiger partial charge >= 0.3 is 6.01 Å². The predicted octanol–water partition coefficient (Wildman–Crippen LogP) is 1.23. The number of aromatic nitrogens is 2. The molecule has 1 aromatic heterocycles. The second-order valence-corrected chi connectivity index (χ2v) is 6.97. The quantitative estimate of drug-likeness (QED) is 0.811. The van der Waals surface area contributed by atoms with Gasteiger partial charge in [0.2, 0.25) is 5.89 Å². The van der Waals surface area contributed by atoms with E-state index in [0.29, 0.717) is 17.9 Å². The SMILES string of the molecule is Cc1nnc(N2CCCC3(C2)CN(C2CCOCC2)CCO3)o1. The number of piperidine rings is 1. The third-order valence-electron chi connectivity index (χ3n) is 5.31. The van der Waals surface area contributed by atoms with Gasteiger partial charge in [0.15, 0.2) is 0 Å². The molecule has 0 saturated carbocycles. The molecule has 0 N–H and O–H groups in total. The number of hydrogen-bond donors (Lipinski definition) is 0. The van der Waals surface area contributed by atoms with Gasteiger partial charge in [-0.15, -0.1) is 5.10 Å². The lowest BCUT2D eigenvalue weighted by molar-refractivity contribution is -0.131. The molecule has 4 heterocycles. The van der Waals surface area contributed by atoms with Gasteiger partial charge in [-0.2, -0.15) is 0 Å². The molecule has 7 heteroatoms. The predicted molar refractivity (Wildman–Crippen MR) is 84.6 cm³/mol. The minimum Gasteiger partial charge on any atom is -0.408 e. The maximum absolute atomic E-state index is 6.28. The summed E-state index contributed by atoms with van der Waals surface area (Å²) >= 11 is 0. The van der Waals surface area contributed by atoms with Crippen molar-refractivity contribution in [3.05, 3.63) is 5.89 Å². The largest absolute Gasteiger partial charge is 0.408 e. The first-order valence-electron chi connectivity index (χ1n) is 8.75. The summed E-state index contributed by atoms with van der Waals surface area (Å²) in [4.78, 5) is 4.81. The minimum atomic E-state index is -0.100. The molecule has 1 atom stereocenters. The average Bonchev–Trinajstić information content (AvgIpc) is 3.02. The number of rotatable bonds is 2. The summed E-state index contributed by atoms with van der Waals surface area (Å²) in [6.45, 7) is 8.27. The zero-order valence-electron chi connectivity index (χ0n) is 13.9. The molecular formula is C16H26N4O3. The van der Waals surface area contributed by atoms with Crippen LogP contribution in [0.4, 0.5) is 6.01 Å². The van der Waals surface area contributed by atoms with Gasteiger partial charge in [-0.05, 0) is 25.7 Å². The van der Waals surface area contributed by atoms with E-state index in [1.165, 1.54) is 0 Å². The molecule has 1 aromatic rings. The normalized spacial score (nSPS) is 30.9. The lowest BCUT2D eigenvalue weighted by Crippen LogP contribution is -2.62. The Hall–Kier alpha value is -1.18. The van der Waals surface area contributed by atoms with E-state index in [0.717, 1.165) is 71.7 Å². The lowest BCUT2D eigenvalue weighted by Gasteiger charge is -2.50. The Balaban J connectivity index is 1.45. The molecule has 128 valence electrons. The fourth-order valence-electron chi connectivity index (χ4n) is 4.16. The van der Waals surface area contributed by atoms with E-state index in [9.17, 15) is 0 Å². The highest BCUT2D eigenvalue weighted by atomic mass is 16.5. The Morgan fingerprint density at radius 3 is 2.74 bits per heavy atom. The Morgan fingerprint density at radius 1 is 1.09 bits per heavy atom. The Labute approximate surface area is 136 Å². The molecule has 1 unspecified atom stereocenters. The van der Waals surface area contributed by atoms with Crippen LogP contribution in [-0.4, -0.2) is 72.7 Å². The van der Waals surface area contributed by atoms with Gasteiger partial charge in [0.05, 0.1) is 18.8 Å². The highest BCUT2D eigenvalue weighted by Crippen LogP contribution is 2.32. The number of ether oxygens (including phenoxy) is 2. The molecule has 0 aromatic carbocycles. The summed E-state index contributed by atoms with van der Waals surface area (Å²) < 4.78 is 17.4. The summed E-state index contributed by atoms with van der Waals surface area (Å²) in [5.41, 5.74) is -0.100. The van der Waals surface area contributed by atoms with Crippen molar-refractivity contribution in [2.75, 3.05) is 50.9 Å². The molecule has 0 radical (unpaired) electrons. The smallest absolute Gasteiger partial charge is 0.318 e. The van der Waals surface area contributed by atoms with E-state index in [2.05, 4.69) is 20.0 Å². The van der Waals surface area contributed by atoms with Crippen LogP contribution in [0.1, 0.15) is 31.6 Å². The topological polar surface area (TPSA) is 63.9 Å². The van der Waals surface area contributed by atoms with Crippen molar-refractivity contribution in [2.45, 2.75) is 44.2 Å². The second kappa shape index (κ2) is 6.37. The fraction of sp³-hybridized carbons (Fsp3) is 0.875. The molecule has 4 rings (SSSR count). The Bertz CT molecular complexity index is 527. The standard InChI is InChI=1S/C16H26N4O3/c1-13-17-18-15(23-13)20-6-2-5-16(12-20)11-19(7-10-22-16)14-3-8-21-9-4-14/h14H,2-12H2,1H3. The molecule has 3 aliphatic rings. The van der Waals surface area contributed by atoms with Crippen LogP contribution in [0.5, 0.6) is 0 Å². The number of hydrogen-bond acceptors (Lipinski definition) is 7. The first-order valence-corrected chi connectivity index (χ1v) is 8.75. The van der Waals surface area contributed by atoms with Crippen LogP contribution in [0.3, 0.4) is 0 Å². The number of aryl methyl sites for hydroxylation is 1. The molecule has 0 amide bonds. The first-order chi connectivity index (χ1) is 11.2. The molecule has 0 aliphatic carbocycles. The Kier molecular flexibility index (Phi) is 4.26. The zero-order valence-corrected chi connectivity index (χ0v) is 13.9. The van der Waals surface area contributed by atoms with Crippen molar-refractivity contribution in [1.29, 1.82) is 0 Å². The van der Waals surface area contributed by atoms with E-state index in [4.69, 9.17) is 13.9 Å². The fourth-order valence-corrected chi connectivity index (χ4v) is 4.16. The maximum Gasteiger partial charge on any atom is 0.318 e. The van der Waals surface area contributed by atoms with Gasteiger partial charge in [-0.3, -0.25) is 4.90 Å². The van der Waals surface area contributed by atoms with Crippen molar-refractivity contribution in [3.8, 4) is 0 Å². The summed E-state index contributed by atoms with van der Waals surface area (Å²) in [5, 5.41) is 8.14. The van der Waals surface area contributed by atoms with E-state index < -0.39 is 0 Å². The zero-order chi connectivity index (χ0) is 15.7. The van der Waals surface area contributed by atoms with E-state index in [1.807, 2.05) is 6.92 Å². The molecule has 3 fully saturated rings. The summed E-state index contributed by atoms with van der Waals surface area (Å²) in [6.07, 6.45) is 4.49. The Morgan fingerprint density at radius 2 is 1.96 bits per heavy atom. The second-order valence-electron chi connectivity index (χ2n) is 6.97. The number of morpholine rings is 1. The monoisotopic (exact) mass is 322 g/mol. The molecular weight excluding hydrogens is 296 g/mol. The van der Waals surface area contributed by atoms with E-state index in [1.54, 1.807) is 0 Å². The van der Waals surface area contributed by atoms with Crippen molar-refractivity contribution in [1.82, 2.24) is 15.1 Å². The summed E-state index contributed by atoms with van der Waals surface area (Å²) in [7, 11) is 0. The van der Waals surface area contributed by atoms with Gasteiger partial charge in [0.1, 0.15) is 0 Å². The highest BCUT2D eigenvalue weighted by Gasteiger charge is 2.43. The average molecular weight is 322 g/mol. The molecule has 0 bridgehead atoms. The van der Waals surface area contributed by atoms with Gasteiger partial charge in [0.25, 0.3) is 0 Å². The third-order valence-corrected chi connectivity index (χ3v) is 5.31. The minimum absolute atomic E-state index is 0.100. The van der Waals surface area contributed by atoms with Crippen LogP contribution in [0.15, 0.2) is 4.42 Å². The van der Waals surface area contributed by atoms with Gasteiger partial charge in [0, 0.05) is 45.8 Å². The van der Waals surface area contributed by atoms with Crippen LogP contribution in [-0.2, 0) is 9.47 Å².